The lowest BCUT2D eigenvalue weighted by Crippen LogP contribution is -2.32. The van der Waals surface area contributed by atoms with Crippen molar-refractivity contribution >= 4 is 23.5 Å². The van der Waals surface area contributed by atoms with Crippen LogP contribution in [-0.4, -0.2) is 41.5 Å². The van der Waals surface area contributed by atoms with Crippen LogP contribution < -0.4 is 5.32 Å². The summed E-state index contributed by atoms with van der Waals surface area (Å²) >= 11 is 0. The minimum atomic E-state index is -0.312. The highest BCUT2D eigenvalue weighted by Gasteiger charge is 2.34. The molecule has 0 radical (unpaired) electrons. The fraction of sp³-hybridized carbons (Fsp3) is 0.217. The Morgan fingerprint density at radius 3 is 2.17 bits per heavy atom. The van der Waals surface area contributed by atoms with Crippen LogP contribution in [0.25, 0.3) is 0 Å². The summed E-state index contributed by atoms with van der Waals surface area (Å²) in [5.41, 5.74) is 2.21. The zero-order valence-corrected chi connectivity index (χ0v) is 16.0. The van der Waals surface area contributed by atoms with Gasteiger partial charge in [0.25, 0.3) is 11.8 Å². The Labute approximate surface area is 168 Å². The number of rotatable bonds is 6. The molecule has 1 N–H and O–H groups in total. The van der Waals surface area contributed by atoms with Gasteiger partial charge < -0.3 is 5.32 Å². The van der Waals surface area contributed by atoms with Crippen LogP contribution in [-0.2, 0) is 4.79 Å². The normalized spacial score (nSPS) is 12.2. The van der Waals surface area contributed by atoms with E-state index in [4.69, 9.17) is 0 Å². The number of benzene rings is 2. The van der Waals surface area contributed by atoms with Gasteiger partial charge in [-0.15, -0.1) is 0 Å². The van der Waals surface area contributed by atoms with Crippen LogP contribution in [0.4, 0.5) is 0 Å². The van der Waals surface area contributed by atoms with Crippen molar-refractivity contribution < 1.29 is 19.2 Å². The third-order valence-electron chi connectivity index (χ3n) is 4.56. The van der Waals surface area contributed by atoms with E-state index < -0.39 is 0 Å². The van der Waals surface area contributed by atoms with Crippen LogP contribution in [0.2, 0.25) is 0 Å². The van der Waals surface area contributed by atoms with Crippen molar-refractivity contribution in [1.82, 2.24) is 10.2 Å². The molecule has 0 fully saturated rings. The van der Waals surface area contributed by atoms with Gasteiger partial charge in [0.15, 0.2) is 5.78 Å². The predicted molar refractivity (Wildman–Crippen MR) is 107 cm³/mol. The number of hydrogen-bond donors (Lipinski definition) is 1. The third kappa shape index (κ3) is 4.77. The second-order valence-electron chi connectivity index (χ2n) is 6.62. The molecule has 146 valence electrons. The second-order valence-corrected chi connectivity index (χ2v) is 6.62. The van der Waals surface area contributed by atoms with Gasteiger partial charge in [0.2, 0.25) is 5.91 Å². The fourth-order valence-corrected chi connectivity index (χ4v) is 3.01. The Balaban J connectivity index is 1.41. The molecule has 6 heteroatoms. The molecule has 1 aliphatic heterocycles. The van der Waals surface area contributed by atoms with Crippen LogP contribution in [0.1, 0.15) is 56.4 Å². The summed E-state index contributed by atoms with van der Waals surface area (Å²) in [7, 11) is 0. The molecule has 6 nitrogen and oxygen atoms in total. The van der Waals surface area contributed by atoms with E-state index >= 15 is 0 Å². The predicted octanol–water partition coefficient (Wildman–Crippen LogP) is 2.43. The summed E-state index contributed by atoms with van der Waals surface area (Å²) in [6.45, 7) is 1.90. The molecule has 0 saturated heterocycles. The summed E-state index contributed by atoms with van der Waals surface area (Å²) < 4.78 is 0. The summed E-state index contributed by atoms with van der Waals surface area (Å²) in [6, 6.07) is 13.7. The number of amides is 3. The minimum Gasteiger partial charge on any atom is -0.345 e. The Morgan fingerprint density at radius 2 is 1.59 bits per heavy atom. The van der Waals surface area contributed by atoms with E-state index in [9.17, 15) is 19.2 Å². The number of nitrogens with zero attached hydrogens (tertiary/aromatic N) is 1. The first-order chi connectivity index (χ1) is 14.0. The fourth-order valence-electron chi connectivity index (χ4n) is 3.01. The van der Waals surface area contributed by atoms with Gasteiger partial charge in [0, 0.05) is 24.1 Å². The second kappa shape index (κ2) is 8.98. The van der Waals surface area contributed by atoms with Crippen LogP contribution in [0.3, 0.4) is 0 Å². The molecule has 0 aromatic heterocycles. The smallest absolute Gasteiger partial charge is 0.261 e. The molecule has 0 atom stereocenters. The molecular formula is C23H20N2O4. The van der Waals surface area contributed by atoms with E-state index in [2.05, 4.69) is 17.2 Å². The molecule has 29 heavy (non-hydrogen) atoms. The van der Waals surface area contributed by atoms with Crippen LogP contribution in [0.15, 0.2) is 48.5 Å². The molecule has 1 aliphatic rings. The highest BCUT2D eigenvalue weighted by atomic mass is 16.2. The average Bonchev–Trinajstić information content (AvgIpc) is 2.96. The largest absolute Gasteiger partial charge is 0.345 e. The van der Waals surface area contributed by atoms with Gasteiger partial charge in [0.1, 0.15) is 0 Å². The third-order valence-corrected chi connectivity index (χ3v) is 4.56. The number of Topliss-reactive ketones (excluding diaryl/α,β-unsaturated/α-hetero) is 1. The molecule has 2 aromatic carbocycles. The Hall–Kier alpha value is -3.72. The lowest BCUT2D eigenvalue weighted by atomic mass is 10.1. The quantitative estimate of drug-likeness (QED) is 0.468. The van der Waals surface area contributed by atoms with Crippen LogP contribution in [0.5, 0.6) is 0 Å². The molecule has 3 rings (SSSR count). The first-order valence-electron chi connectivity index (χ1n) is 9.29. The van der Waals surface area contributed by atoms with Crippen molar-refractivity contribution in [1.29, 1.82) is 0 Å². The topological polar surface area (TPSA) is 83.6 Å². The minimum absolute atomic E-state index is 0.00187. The van der Waals surface area contributed by atoms with Crippen molar-refractivity contribution in [3.05, 3.63) is 70.8 Å². The molecule has 0 unspecified atom stereocenters. The molecule has 0 saturated carbocycles. The Kier molecular flexibility index (Phi) is 6.20. The van der Waals surface area contributed by atoms with E-state index in [1.165, 1.54) is 11.8 Å². The maximum atomic E-state index is 12.3. The van der Waals surface area contributed by atoms with Crippen molar-refractivity contribution in [3.63, 3.8) is 0 Å². The van der Waals surface area contributed by atoms with Gasteiger partial charge in [-0.25, -0.2) is 0 Å². The van der Waals surface area contributed by atoms with Crippen LogP contribution in [0, 0.1) is 11.8 Å². The lowest BCUT2D eigenvalue weighted by molar-refractivity contribution is -0.121. The maximum Gasteiger partial charge on any atom is 0.261 e. The number of imide groups is 1. The number of nitrogens with one attached hydrogen (secondary N) is 1. The van der Waals surface area contributed by atoms with E-state index in [0.717, 1.165) is 5.56 Å². The average molecular weight is 388 g/mol. The summed E-state index contributed by atoms with van der Waals surface area (Å²) in [5, 5.41) is 2.69. The number of carbonyl (C=O) groups is 4. The number of ketones is 1. The number of carbonyl (C=O) groups excluding carboxylic acids is 4. The monoisotopic (exact) mass is 388 g/mol. The van der Waals surface area contributed by atoms with E-state index in [0.29, 0.717) is 23.1 Å². The van der Waals surface area contributed by atoms with Crippen molar-refractivity contribution in [2.75, 3.05) is 13.1 Å². The molecule has 3 amide bonds. The van der Waals surface area contributed by atoms with Gasteiger partial charge in [0.05, 0.1) is 17.7 Å². The van der Waals surface area contributed by atoms with Gasteiger partial charge in [-0.05, 0) is 37.6 Å². The summed E-state index contributed by atoms with van der Waals surface area (Å²) in [5.74, 6) is 4.95. The van der Waals surface area contributed by atoms with Gasteiger partial charge in [-0.1, -0.05) is 36.1 Å². The molecule has 2 aromatic rings. The first-order valence-corrected chi connectivity index (χ1v) is 9.29. The van der Waals surface area contributed by atoms with Gasteiger partial charge in [-0.2, -0.15) is 0 Å². The van der Waals surface area contributed by atoms with Crippen molar-refractivity contribution in [3.8, 4) is 11.8 Å². The maximum absolute atomic E-state index is 12.3. The number of fused-ring (bicyclic) bond motifs is 1. The summed E-state index contributed by atoms with van der Waals surface area (Å²) in [4.78, 5) is 48.8. The SMILES string of the molecule is CC(=O)c1ccc(C#CCNC(=O)CCCN2C(=O)c3ccccc3C2=O)cc1. The highest BCUT2D eigenvalue weighted by Crippen LogP contribution is 2.22. The zero-order valence-electron chi connectivity index (χ0n) is 16.0. The van der Waals surface area contributed by atoms with E-state index in [1.54, 1.807) is 48.5 Å². The van der Waals surface area contributed by atoms with Crippen LogP contribution >= 0.6 is 0 Å². The van der Waals surface area contributed by atoms with Gasteiger partial charge >= 0.3 is 0 Å². The molecule has 0 bridgehead atoms. The molecular weight excluding hydrogens is 368 g/mol. The lowest BCUT2D eigenvalue weighted by Gasteiger charge is -2.13. The molecule has 0 aliphatic carbocycles. The van der Waals surface area contributed by atoms with E-state index in [1.807, 2.05) is 0 Å². The van der Waals surface area contributed by atoms with Crippen molar-refractivity contribution in [2.45, 2.75) is 19.8 Å². The highest BCUT2D eigenvalue weighted by molar-refractivity contribution is 6.21. The van der Waals surface area contributed by atoms with E-state index in [-0.39, 0.29) is 43.0 Å². The zero-order chi connectivity index (χ0) is 20.8. The first kappa shape index (κ1) is 20.0. The Bertz CT molecular complexity index is 994. The number of hydrogen-bond acceptors (Lipinski definition) is 4. The summed E-state index contributed by atoms with van der Waals surface area (Å²) in [6.07, 6.45) is 0.583. The van der Waals surface area contributed by atoms with Crippen molar-refractivity contribution in [2.24, 2.45) is 0 Å². The molecule has 0 spiro atoms. The van der Waals surface area contributed by atoms with Gasteiger partial charge in [-0.3, -0.25) is 24.1 Å². The standard InChI is InChI=1S/C23H20N2O4/c1-16(26)18-12-10-17(11-13-18)6-4-14-24-21(27)9-5-15-25-22(28)19-7-2-3-8-20(19)23(25)29/h2-3,7-8,10-13H,5,9,14-15H2,1H3,(H,24,27). The molecule has 1 heterocycles. The Morgan fingerprint density at radius 1 is 0.966 bits per heavy atom.